The molecule has 0 heterocycles. The average Bonchev–Trinajstić information content (AvgIpc) is 2.51. The summed E-state index contributed by atoms with van der Waals surface area (Å²) < 4.78 is 27.5. The molecular formula is C16H15ClN2O3S. The van der Waals surface area contributed by atoms with E-state index in [0.29, 0.717) is 16.5 Å². The van der Waals surface area contributed by atoms with Crippen LogP contribution in [0.1, 0.15) is 5.56 Å². The zero-order chi connectivity index (χ0) is 16.9. The largest absolute Gasteiger partial charge is 0.496 e. The van der Waals surface area contributed by atoms with Crippen molar-refractivity contribution in [3.8, 4) is 5.75 Å². The molecule has 23 heavy (non-hydrogen) atoms. The van der Waals surface area contributed by atoms with Gasteiger partial charge < -0.3 is 4.74 Å². The molecule has 2 aromatic carbocycles. The van der Waals surface area contributed by atoms with Gasteiger partial charge in [-0.15, -0.1) is 0 Å². The molecule has 0 unspecified atom stereocenters. The quantitative estimate of drug-likeness (QED) is 0.839. The number of nitrogens with two attached hydrogens (primary N) is 1. The summed E-state index contributed by atoms with van der Waals surface area (Å²) >= 11 is 5.95. The van der Waals surface area contributed by atoms with Crippen molar-refractivity contribution in [3.05, 3.63) is 59.1 Å². The molecule has 0 saturated heterocycles. The first kappa shape index (κ1) is 17.2. The van der Waals surface area contributed by atoms with E-state index in [0.717, 1.165) is 5.56 Å². The summed E-state index contributed by atoms with van der Waals surface area (Å²) in [6, 6.07) is 11.3. The molecule has 0 spiro atoms. The predicted molar refractivity (Wildman–Crippen MR) is 93.0 cm³/mol. The summed E-state index contributed by atoms with van der Waals surface area (Å²) in [5.41, 5.74) is 1.44. The molecule has 0 bridgehead atoms. The summed E-state index contributed by atoms with van der Waals surface area (Å²) in [4.78, 5) is 4.25. The van der Waals surface area contributed by atoms with Crippen LogP contribution >= 0.6 is 11.6 Å². The van der Waals surface area contributed by atoms with E-state index in [1.165, 1.54) is 12.1 Å². The third-order valence-electron chi connectivity index (χ3n) is 2.94. The van der Waals surface area contributed by atoms with Crippen LogP contribution in [-0.4, -0.2) is 21.7 Å². The van der Waals surface area contributed by atoms with Gasteiger partial charge in [-0.25, -0.2) is 13.6 Å². The molecule has 0 aliphatic carbocycles. The van der Waals surface area contributed by atoms with Crippen LogP contribution in [-0.2, 0) is 10.0 Å². The number of benzene rings is 2. The standard InChI is InChI=1S/C16H15ClN2O3S/c1-22-16-9-4-13(17)11-12(16)3-2-10-19-14-5-7-15(8-6-14)23(18,20)21/h2-11H,1H3,(H2,18,20,21)/b3-2+,19-10?. The van der Waals surface area contributed by atoms with E-state index in [4.69, 9.17) is 21.5 Å². The first-order valence-electron chi connectivity index (χ1n) is 6.57. The molecule has 2 rings (SSSR count). The topological polar surface area (TPSA) is 81.8 Å². The number of methoxy groups -OCH3 is 1. The maximum atomic E-state index is 11.2. The minimum absolute atomic E-state index is 0.0515. The average molecular weight is 351 g/mol. The number of primary sulfonamides is 1. The predicted octanol–water partition coefficient (Wildman–Crippen LogP) is 3.41. The molecule has 0 amide bonds. The Morgan fingerprint density at radius 3 is 2.48 bits per heavy atom. The van der Waals surface area contributed by atoms with Gasteiger partial charge in [-0.3, -0.25) is 4.99 Å². The number of rotatable bonds is 5. The second-order valence-electron chi connectivity index (χ2n) is 4.56. The molecule has 0 aliphatic rings. The van der Waals surface area contributed by atoms with Gasteiger partial charge in [-0.1, -0.05) is 11.6 Å². The minimum atomic E-state index is -3.68. The summed E-state index contributed by atoms with van der Waals surface area (Å²) in [6.45, 7) is 0. The third kappa shape index (κ3) is 4.92. The van der Waals surface area contributed by atoms with Gasteiger partial charge in [0.15, 0.2) is 0 Å². The van der Waals surface area contributed by atoms with E-state index >= 15 is 0 Å². The highest BCUT2D eigenvalue weighted by atomic mass is 35.5. The van der Waals surface area contributed by atoms with Crippen molar-refractivity contribution >= 4 is 39.6 Å². The molecule has 0 radical (unpaired) electrons. The number of hydrogen-bond acceptors (Lipinski definition) is 4. The number of aliphatic imine (C=N–C) groups is 1. The SMILES string of the molecule is COc1ccc(Cl)cc1/C=C/C=Nc1ccc(S(N)(=O)=O)cc1. The Hall–Kier alpha value is -2.15. The Balaban J connectivity index is 2.11. The third-order valence-corrected chi connectivity index (χ3v) is 4.11. The summed E-state index contributed by atoms with van der Waals surface area (Å²) in [6.07, 6.45) is 5.14. The monoisotopic (exact) mass is 350 g/mol. The highest BCUT2D eigenvalue weighted by molar-refractivity contribution is 7.89. The van der Waals surface area contributed by atoms with Crippen LogP contribution < -0.4 is 9.88 Å². The fourth-order valence-electron chi connectivity index (χ4n) is 1.83. The Bertz CT molecular complexity index is 844. The van der Waals surface area contributed by atoms with E-state index in [2.05, 4.69) is 4.99 Å². The Morgan fingerprint density at radius 2 is 1.87 bits per heavy atom. The van der Waals surface area contributed by atoms with Crippen LogP contribution in [0.3, 0.4) is 0 Å². The molecule has 2 aromatic rings. The fourth-order valence-corrected chi connectivity index (χ4v) is 2.53. The molecule has 120 valence electrons. The van der Waals surface area contributed by atoms with Gasteiger partial charge in [-0.05, 0) is 54.6 Å². The minimum Gasteiger partial charge on any atom is -0.496 e. The Morgan fingerprint density at radius 1 is 1.17 bits per heavy atom. The smallest absolute Gasteiger partial charge is 0.238 e. The summed E-state index contributed by atoms with van der Waals surface area (Å²) in [5.74, 6) is 0.705. The van der Waals surface area contributed by atoms with E-state index in [1.54, 1.807) is 49.7 Å². The lowest BCUT2D eigenvalue weighted by Crippen LogP contribution is -2.11. The van der Waals surface area contributed by atoms with Crippen LogP contribution in [0, 0.1) is 0 Å². The first-order chi connectivity index (χ1) is 10.9. The lowest BCUT2D eigenvalue weighted by Gasteiger charge is -2.04. The van der Waals surface area contributed by atoms with E-state index in [1.807, 2.05) is 6.08 Å². The molecule has 7 heteroatoms. The van der Waals surface area contributed by atoms with Gasteiger partial charge in [0.1, 0.15) is 5.75 Å². The molecule has 5 nitrogen and oxygen atoms in total. The summed E-state index contributed by atoms with van der Waals surface area (Å²) in [7, 11) is -2.10. The first-order valence-corrected chi connectivity index (χ1v) is 8.50. The molecule has 0 saturated carbocycles. The van der Waals surface area contributed by atoms with Gasteiger partial charge in [0.2, 0.25) is 10.0 Å². The zero-order valence-electron chi connectivity index (χ0n) is 12.3. The van der Waals surface area contributed by atoms with Crippen molar-refractivity contribution < 1.29 is 13.2 Å². The number of nitrogens with zero attached hydrogens (tertiary/aromatic N) is 1. The normalized spacial score (nSPS) is 12.1. The number of ether oxygens (including phenoxy) is 1. The molecular weight excluding hydrogens is 336 g/mol. The van der Waals surface area contributed by atoms with E-state index < -0.39 is 10.0 Å². The van der Waals surface area contributed by atoms with Crippen molar-refractivity contribution in [2.45, 2.75) is 4.90 Å². The Labute approximate surface area is 140 Å². The maximum Gasteiger partial charge on any atom is 0.238 e. The number of allylic oxidation sites excluding steroid dienone is 1. The van der Waals surface area contributed by atoms with Gasteiger partial charge >= 0.3 is 0 Å². The lowest BCUT2D eigenvalue weighted by molar-refractivity contribution is 0.414. The van der Waals surface area contributed by atoms with Crippen LogP contribution in [0.4, 0.5) is 5.69 Å². The van der Waals surface area contributed by atoms with Crippen molar-refractivity contribution in [1.82, 2.24) is 0 Å². The van der Waals surface area contributed by atoms with Crippen LogP contribution in [0.15, 0.2) is 58.4 Å². The van der Waals surface area contributed by atoms with Crippen molar-refractivity contribution in [1.29, 1.82) is 0 Å². The Kier molecular flexibility index (Phi) is 5.54. The second kappa shape index (κ2) is 7.41. The van der Waals surface area contributed by atoms with Crippen LogP contribution in [0.2, 0.25) is 5.02 Å². The molecule has 0 aliphatic heterocycles. The summed E-state index contributed by atoms with van der Waals surface area (Å²) in [5, 5.41) is 5.64. The van der Waals surface area contributed by atoms with Crippen LogP contribution in [0.5, 0.6) is 5.75 Å². The second-order valence-corrected chi connectivity index (χ2v) is 6.56. The highest BCUT2D eigenvalue weighted by Gasteiger charge is 2.05. The molecule has 0 aromatic heterocycles. The van der Waals surface area contributed by atoms with Gasteiger partial charge in [0.05, 0.1) is 17.7 Å². The highest BCUT2D eigenvalue weighted by Crippen LogP contribution is 2.23. The fraction of sp³-hybridized carbons (Fsp3) is 0.0625. The number of hydrogen-bond donors (Lipinski definition) is 1. The zero-order valence-corrected chi connectivity index (χ0v) is 13.9. The molecule has 0 fully saturated rings. The van der Waals surface area contributed by atoms with Crippen molar-refractivity contribution in [2.75, 3.05) is 7.11 Å². The van der Waals surface area contributed by atoms with Crippen LogP contribution in [0.25, 0.3) is 6.08 Å². The molecule has 2 N–H and O–H groups in total. The van der Waals surface area contributed by atoms with Crippen molar-refractivity contribution in [3.63, 3.8) is 0 Å². The number of sulfonamides is 1. The van der Waals surface area contributed by atoms with E-state index in [-0.39, 0.29) is 4.90 Å². The van der Waals surface area contributed by atoms with Gasteiger partial charge in [-0.2, -0.15) is 0 Å². The van der Waals surface area contributed by atoms with Crippen molar-refractivity contribution in [2.24, 2.45) is 10.1 Å². The van der Waals surface area contributed by atoms with Gasteiger partial charge in [0, 0.05) is 16.8 Å². The number of halogens is 1. The lowest BCUT2D eigenvalue weighted by atomic mass is 10.2. The molecule has 0 atom stereocenters. The van der Waals surface area contributed by atoms with E-state index in [9.17, 15) is 8.42 Å². The van der Waals surface area contributed by atoms with Gasteiger partial charge in [0.25, 0.3) is 0 Å². The maximum absolute atomic E-state index is 11.2.